The average Bonchev–Trinajstić information content (AvgIpc) is 2.27. The summed E-state index contributed by atoms with van der Waals surface area (Å²) in [6.45, 7) is 12.4. The number of hydrogen-bond donors (Lipinski definition) is 0. The molecule has 0 aromatic carbocycles. The van der Waals surface area contributed by atoms with Gasteiger partial charge in [0.1, 0.15) is 13.5 Å². The van der Waals surface area contributed by atoms with Crippen molar-refractivity contribution in [2.24, 2.45) is 0 Å². The van der Waals surface area contributed by atoms with E-state index in [4.69, 9.17) is 0 Å². The lowest BCUT2D eigenvalue weighted by Gasteiger charge is -2.13. The second-order valence-electron chi connectivity index (χ2n) is 4.34. The van der Waals surface area contributed by atoms with Gasteiger partial charge in [-0.25, -0.2) is 0 Å². The second kappa shape index (κ2) is 9.02. The molecular formula is C10H23F3NO4PS. The van der Waals surface area contributed by atoms with Gasteiger partial charge in [-0.05, 0) is 33.0 Å². The summed E-state index contributed by atoms with van der Waals surface area (Å²) in [5.41, 5.74) is -5.46. The quantitative estimate of drug-likeness (QED) is 0.422. The zero-order chi connectivity index (χ0) is 16.6. The van der Waals surface area contributed by atoms with E-state index < -0.39 is 29.1 Å². The molecule has 0 amide bonds. The van der Waals surface area contributed by atoms with Gasteiger partial charge in [-0.15, -0.1) is 0 Å². The van der Waals surface area contributed by atoms with Gasteiger partial charge in [-0.2, -0.15) is 21.6 Å². The van der Waals surface area contributed by atoms with Gasteiger partial charge >= 0.3 is 15.6 Å². The van der Waals surface area contributed by atoms with Crippen LogP contribution in [0.5, 0.6) is 0 Å². The summed E-state index contributed by atoms with van der Waals surface area (Å²) in [6.07, 6.45) is -0.936. The van der Waals surface area contributed by atoms with Crippen molar-refractivity contribution in [2.75, 3.05) is 39.3 Å². The van der Waals surface area contributed by atoms with E-state index in [1.54, 1.807) is 0 Å². The molecule has 0 radical (unpaired) electrons. The molecule has 0 unspecified atom stereocenters. The first-order valence-corrected chi connectivity index (χ1v) is 10.2. The second-order valence-corrected chi connectivity index (χ2v) is 9.35. The molecule has 0 saturated heterocycles. The van der Waals surface area contributed by atoms with Crippen LogP contribution in [0.1, 0.15) is 20.8 Å². The first kappa shape index (κ1) is 22.2. The molecule has 0 aromatic heterocycles. The van der Waals surface area contributed by atoms with Gasteiger partial charge in [0.05, 0.1) is 0 Å². The molecule has 10 heteroatoms. The van der Waals surface area contributed by atoms with Crippen molar-refractivity contribution in [3.05, 3.63) is 0 Å². The number of alkyl halides is 3. The molecule has 0 aliphatic heterocycles. The van der Waals surface area contributed by atoms with Gasteiger partial charge in [-0.3, -0.25) is 4.18 Å². The van der Waals surface area contributed by atoms with Gasteiger partial charge in [0.2, 0.25) is 0 Å². The minimum absolute atomic E-state index is 0.936. The van der Waals surface area contributed by atoms with Crippen LogP contribution in [0.15, 0.2) is 0 Å². The maximum absolute atomic E-state index is 11.6. The molecule has 124 valence electrons. The van der Waals surface area contributed by atoms with E-state index >= 15 is 0 Å². The molecule has 0 bridgehead atoms. The third kappa shape index (κ3) is 10.7. The lowest BCUT2D eigenvalue weighted by Crippen LogP contribution is -2.25. The van der Waals surface area contributed by atoms with E-state index in [0.717, 1.165) is 13.3 Å². The van der Waals surface area contributed by atoms with Crippen LogP contribution in [0.3, 0.4) is 0 Å². The summed E-state index contributed by atoms with van der Waals surface area (Å²) in [5.74, 6) is 0. The normalized spacial score (nSPS) is 13.1. The minimum atomic E-state index is -5.60. The fraction of sp³-hybridized carbons (Fsp3) is 1.00. The first-order chi connectivity index (χ1) is 8.80. The van der Waals surface area contributed by atoms with E-state index in [1.165, 1.54) is 19.6 Å². The molecule has 20 heavy (non-hydrogen) atoms. The highest BCUT2D eigenvalue weighted by atomic mass is 32.2. The monoisotopic (exact) mass is 341 g/mol. The highest BCUT2D eigenvalue weighted by Crippen LogP contribution is 2.37. The Morgan fingerprint density at radius 1 is 1.05 bits per heavy atom. The summed E-state index contributed by atoms with van der Waals surface area (Å²) < 4.78 is 69.7. The Balaban J connectivity index is 0. The van der Waals surface area contributed by atoms with Crippen molar-refractivity contribution in [3.63, 3.8) is 0 Å². The summed E-state index contributed by atoms with van der Waals surface area (Å²) in [5, 5.41) is 0. The molecule has 5 nitrogen and oxygen atoms in total. The zero-order valence-electron chi connectivity index (χ0n) is 12.4. The third-order valence-corrected chi connectivity index (χ3v) is 4.06. The van der Waals surface area contributed by atoms with Crippen LogP contribution in [0.25, 0.3) is 0 Å². The van der Waals surface area contributed by atoms with E-state index in [0.29, 0.717) is 0 Å². The van der Waals surface area contributed by atoms with E-state index in [9.17, 15) is 26.2 Å². The Labute approximate surface area is 119 Å². The van der Waals surface area contributed by atoms with Crippen molar-refractivity contribution < 1.29 is 30.3 Å². The smallest absolute Gasteiger partial charge is 0.322 e. The summed E-state index contributed by atoms with van der Waals surface area (Å²) in [4.78, 5) is 2.38. The van der Waals surface area contributed by atoms with Crippen LogP contribution in [-0.2, 0) is 18.9 Å². The maximum Gasteiger partial charge on any atom is 0.523 e. The summed E-state index contributed by atoms with van der Waals surface area (Å²) >= 11 is 0. The largest absolute Gasteiger partial charge is 0.523 e. The summed E-state index contributed by atoms with van der Waals surface area (Å²) in [7, 11) is -8.54. The molecular weight excluding hydrogens is 318 g/mol. The van der Waals surface area contributed by atoms with E-state index in [1.807, 2.05) is 0 Å². The molecule has 0 aliphatic rings. The number of nitrogens with zero attached hydrogens (tertiary/aromatic N) is 1. The van der Waals surface area contributed by atoms with Crippen molar-refractivity contribution in [3.8, 4) is 0 Å². The zero-order valence-corrected chi connectivity index (χ0v) is 14.1. The molecule has 0 fully saturated rings. The van der Waals surface area contributed by atoms with E-state index in [2.05, 4.69) is 29.9 Å². The molecule has 0 N–H and O–H groups in total. The van der Waals surface area contributed by atoms with Crippen LogP contribution in [0.2, 0.25) is 0 Å². The molecule has 0 aromatic rings. The average molecular weight is 341 g/mol. The lowest BCUT2D eigenvalue weighted by atomic mass is 10.5. The molecule has 0 heterocycles. The number of hydrogen-bond acceptors (Lipinski definition) is 5. The highest BCUT2D eigenvalue weighted by Gasteiger charge is 2.47. The van der Waals surface area contributed by atoms with Gasteiger partial charge in [0.15, 0.2) is 0 Å². The van der Waals surface area contributed by atoms with Crippen molar-refractivity contribution in [2.45, 2.75) is 26.3 Å². The van der Waals surface area contributed by atoms with Crippen LogP contribution >= 0.6 is 7.14 Å². The van der Waals surface area contributed by atoms with Crippen molar-refractivity contribution in [1.29, 1.82) is 0 Å². The van der Waals surface area contributed by atoms with Crippen LogP contribution < -0.4 is 0 Å². The Bertz CT molecular complexity index is 396. The molecule has 0 saturated carbocycles. The highest BCUT2D eigenvalue weighted by molar-refractivity contribution is 7.87. The topological polar surface area (TPSA) is 63.7 Å². The number of rotatable bonds is 6. The predicted molar refractivity (Wildman–Crippen MR) is 73.8 cm³/mol. The van der Waals surface area contributed by atoms with Crippen molar-refractivity contribution >= 4 is 17.3 Å². The Hall–Kier alpha value is -0.110. The van der Waals surface area contributed by atoms with Crippen LogP contribution in [0.4, 0.5) is 13.2 Å². The number of halogens is 3. The van der Waals surface area contributed by atoms with Crippen molar-refractivity contribution in [1.82, 2.24) is 4.90 Å². The Kier molecular flexibility index (Phi) is 10.0. The standard InChI is InChI=1S/C6H15N.C4H8F3O4PS/c1-4-7(5-2)6-3;1-12(2,8)3-11-13(9,10)4(5,6)7/h4-6H2,1-3H3;3H2,1-2H3. The Morgan fingerprint density at radius 2 is 1.40 bits per heavy atom. The van der Waals surface area contributed by atoms with Crippen LogP contribution in [0, 0.1) is 0 Å². The lowest BCUT2D eigenvalue weighted by molar-refractivity contribution is -0.0531. The SMILES string of the molecule is CCN(CC)CC.CP(C)(=O)COS(=O)(=O)C(F)(F)F. The molecule has 0 spiro atoms. The third-order valence-electron chi connectivity index (χ3n) is 2.14. The fourth-order valence-electron chi connectivity index (χ4n) is 0.934. The van der Waals surface area contributed by atoms with Crippen LogP contribution in [-0.4, -0.2) is 58.1 Å². The first-order valence-electron chi connectivity index (χ1n) is 6.02. The fourth-order valence-corrected chi connectivity index (χ4v) is 2.64. The minimum Gasteiger partial charge on any atom is -0.322 e. The van der Waals surface area contributed by atoms with E-state index in [-0.39, 0.29) is 0 Å². The molecule has 0 aliphatic carbocycles. The Morgan fingerprint density at radius 3 is 1.55 bits per heavy atom. The van der Waals surface area contributed by atoms with Gasteiger partial charge in [0.25, 0.3) is 0 Å². The molecule has 0 rings (SSSR count). The summed E-state index contributed by atoms with van der Waals surface area (Å²) in [6, 6.07) is 0. The van der Waals surface area contributed by atoms with Gasteiger partial charge < -0.3 is 9.46 Å². The van der Waals surface area contributed by atoms with Gasteiger partial charge in [0, 0.05) is 0 Å². The maximum atomic E-state index is 11.6. The molecule has 0 atom stereocenters. The predicted octanol–water partition coefficient (Wildman–Crippen LogP) is 2.78. The van der Waals surface area contributed by atoms with Gasteiger partial charge in [-0.1, -0.05) is 20.8 Å².